The number of nitrogens with zero attached hydrogens (tertiary/aromatic N) is 2. The van der Waals surface area contributed by atoms with Gasteiger partial charge in [-0.1, -0.05) is 29.8 Å². The summed E-state index contributed by atoms with van der Waals surface area (Å²) in [7, 11) is 0. The van der Waals surface area contributed by atoms with Gasteiger partial charge in [-0.15, -0.1) is 12.4 Å². The Hall–Kier alpha value is -1.75. The van der Waals surface area contributed by atoms with Crippen molar-refractivity contribution in [1.29, 1.82) is 0 Å². The summed E-state index contributed by atoms with van der Waals surface area (Å²) in [6.07, 6.45) is 3.08. The standard InChI is InChI=1S/C18H18ClN3O.ClH/c19-17-4-2-1-3-13(17)11-22-8-7-16(12-22)23-15-5-6-18-14(9-15)10-20-21-18;/h1-6,9-10,16H,7-8,11-12H2,(H,20,21);1H. The summed E-state index contributed by atoms with van der Waals surface area (Å²) < 4.78 is 6.13. The third-order valence-corrected chi connectivity index (χ3v) is 4.66. The van der Waals surface area contributed by atoms with Gasteiger partial charge in [-0.25, -0.2) is 0 Å². The number of likely N-dealkylation sites (tertiary alicyclic amines) is 1. The number of hydrogen-bond acceptors (Lipinski definition) is 3. The van der Waals surface area contributed by atoms with E-state index >= 15 is 0 Å². The normalized spacial score (nSPS) is 17.8. The van der Waals surface area contributed by atoms with Gasteiger partial charge in [0.1, 0.15) is 11.9 Å². The van der Waals surface area contributed by atoms with Gasteiger partial charge in [0, 0.05) is 30.0 Å². The topological polar surface area (TPSA) is 41.1 Å². The molecule has 1 aliphatic rings. The summed E-state index contributed by atoms with van der Waals surface area (Å²) in [4.78, 5) is 2.39. The Kier molecular flexibility index (Phi) is 5.29. The monoisotopic (exact) mass is 363 g/mol. The van der Waals surface area contributed by atoms with Gasteiger partial charge in [-0.2, -0.15) is 5.10 Å². The van der Waals surface area contributed by atoms with Crippen molar-refractivity contribution in [3.63, 3.8) is 0 Å². The maximum atomic E-state index is 6.25. The molecule has 0 saturated carbocycles. The van der Waals surface area contributed by atoms with Crippen LogP contribution in [0.4, 0.5) is 0 Å². The number of rotatable bonds is 4. The van der Waals surface area contributed by atoms with Crippen molar-refractivity contribution in [2.75, 3.05) is 13.1 Å². The Labute approximate surface area is 152 Å². The number of fused-ring (bicyclic) bond motifs is 1. The lowest BCUT2D eigenvalue weighted by Gasteiger charge is -2.17. The Balaban J connectivity index is 0.00000169. The van der Waals surface area contributed by atoms with E-state index in [0.29, 0.717) is 0 Å². The van der Waals surface area contributed by atoms with E-state index in [1.165, 1.54) is 5.56 Å². The molecule has 24 heavy (non-hydrogen) atoms. The van der Waals surface area contributed by atoms with Crippen molar-refractivity contribution in [3.8, 4) is 5.75 Å². The molecule has 6 heteroatoms. The smallest absolute Gasteiger partial charge is 0.120 e. The van der Waals surface area contributed by atoms with Crippen LogP contribution >= 0.6 is 24.0 Å². The fraction of sp³-hybridized carbons (Fsp3) is 0.278. The lowest BCUT2D eigenvalue weighted by atomic mass is 10.2. The maximum absolute atomic E-state index is 6.25. The number of halogens is 2. The molecule has 1 aliphatic heterocycles. The molecular formula is C18H19Cl2N3O. The first-order valence-electron chi connectivity index (χ1n) is 7.83. The molecule has 1 aromatic heterocycles. The van der Waals surface area contributed by atoms with Crippen LogP contribution in [0.15, 0.2) is 48.7 Å². The predicted octanol–water partition coefficient (Wildman–Crippen LogP) is 4.29. The van der Waals surface area contributed by atoms with Crippen LogP contribution in [0.2, 0.25) is 5.02 Å². The molecule has 0 spiro atoms. The zero-order valence-electron chi connectivity index (χ0n) is 13.1. The van der Waals surface area contributed by atoms with E-state index in [2.05, 4.69) is 21.2 Å². The van der Waals surface area contributed by atoms with Crippen LogP contribution in [0, 0.1) is 0 Å². The van der Waals surface area contributed by atoms with E-state index in [1.54, 1.807) is 0 Å². The van der Waals surface area contributed by atoms with Gasteiger partial charge in [0.25, 0.3) is 0 Å². The van der Waals surface area contributed by atoms with Gasteiger partial charge < -0.3 is 4.74 Å². The summed E-state index contributed by atoms with van der Waals surface area (Å²) >= 11 is 6.25. The molecule has 4 rings (SSSR count). The quantitative estimate of drug-likeness (QED) is 0.751. The summed E-state index contributed by atoms with van der Waals surface area (Å²) in [5, 5.41) is 8.91. The second kappa shape index (κ2) is 7.43. The minimum absolute atomic E-state index is 0. The largest absolute Gasteiger partial charge is 0.489 e. The third-order valence-electron chi connectivity index (χ3n) is 4.30. The number of H-pyrrole nitrogens is 1. The zero-order chi connectivity index (χ0) is 15.6. The number of aromatic amines is 1. The molecule has 0 amide bonds. The molecule has 1 fully saturated rings. The highest BCUT2D eigenvalue weighted by atomic mass is 35.5. The van der Waals surface area contributed by atoms with Crippen LogP contribution in [0.5, 0.6) is 5.75 Å². The van der Waals surface area contributed by atoms with Gasteiger partial charge in [0.05, 0.1) is 11.7 Å². The molecule has 126 valence electrons. The lowest BCUT2D eigenvalue weighted by molar-refractivity contribution is 0.198. The van der Waals surface area contributed by atoms with Crippen LogP contribution in [0.1, 0.15) is 12.0 Å². The summed E-state index contributed by atoms with van der Waals surface area (Å²) in [5.74, 6) is 0.906. The Morgan fingerprint density at radius 3 is 3.00 bits per heavy atom. The Morgan fingerprint density at radius 2 is 2.12 bits per heavy atom. The van der Waals surface area contributed by atoms with E-state index in [0.717, 1.165) is 47.7 Å². The second-order valence-corrected chi connectivity index (χ2v) is 6.38. The van der Waals surface area contributed by atoms with Crippen molar-refractivity contribution in [3.05, 3.63) is 59.2 Å². The highest BCUT2D eigenvalue weighted by Crippen LogP contribution is 2.24. The number of aromatic nitrogens is 2. The fourth-order valence-electron chi connectivity index (χ4n) is 3.09. The zero-order valence-corrected chi connectivity index (χ0v) is 14.7. The number of benzene rings is 2. The SMILES string of the molecule is Cl.Clc1ccccc1CN1CCC(Oc2ccc3[nH]ncc3c2)C1. The molecule has 1 N–H and O–H groups in total. The van der Waals surface area contributed by atoms with Gasteiger partial charge in [-0.3, -0.25) is 10.00 Å². The molecule has 1 unspecified atom stereocenters. The van der Waals surface area contributed by atoms with Gasteiger partial charge in [0.2, 0.25) is 0 Å². The number of hydrogen-bond donors (Lipinski definition) is 1. The molecule has 1 saturated heterocycles. The molecule has 0 bridgehead atoms. The van der Waals surface area contributed by atoms with Gasteiger partial charge >= 0.3 is 0 Å². The van der Waals surface area contributed by atoms with Crippen LogP contribution < -0.4 is 4.74 Å². The molecule has 2 aromatic carbocycles. The van der Waals surface area contributed by atoms with Crippen molar-refractivity contribution >= 4 is 34.9 Å². The van der Waals surface area contributed by atoms with Crippen LogP contribution in [0.3, 0.4) is 0 Å². The Morgan fingerprint density at radius 1 is 1.25 bits per heavy atom. The molecule has 4 nitrogen and oxygen atoms in total. The highest BCUT2D eigenvalue weighted by molar-refractivity contribution is 6.31. The second-order valence-electron chi connectivity index (χ2n) is 5.97. The first kappa shape index (κ1) is 17.1. The molecule has 0 radical (unpaired) electrons. The average Bonchev–Trinajstić information content (AvgIpc) is 3.18. The fourth-order valence-corrected chi connectivity index (χ4v) is 3.29. The van der Waals surface area contributed by atoms with Crippen LogP contribution in [-0.2, 0) is 6.54 Å². The first-order valence-corrected chi connectivity index (χ1v) is 8.21. The summed E-state index contributed by atoms with van der Waals surface area (Å²) in [6.45, 7) is 2.83. The molecule has 3 aromatic rings. The third kappa shape index (κ3) is 3.66. The van der Waals surface area contributed by atoms with Crippen molar-refractivity contribution < 1.29 is 4.74 Å². The van der Waals surface area contributed by atoms with Gasteiger partial charge in [0.15, 0.2) is 0 Å². The van der Waals surface area contributed by atoms with Crippen molar-refractivity contribution in [2.24, 2.45) is 0 Å². The van der Waals surface area contributed by atoms with E-state index in [4.69, 9.17) is 16.3 Å². The maximum Gasteiger partial charge on any atom is 0.120 e. The van der Waals surface area contributed by atoms with Crippen LogP contribution in [0.25, 0.3) is 10.9 Å². The van der Waals surface area contributed by atoms with Gasteiger partial charge in [-0.05, 0) is 36.2 Å². The highest BCUT2D eigenvalue weighted by Gasteiger charge is 2.24. The number of ether oxygens (including phenoxy) is 1. The minimum atomic E-state index is 0. The minimum Gasteiger partial charge on any atom is -0.489 e. The molecular weight excluding hydrogens is 345 g/mol. The summed E-state index contributed by atoms with van der Waals surface area (Å²) in [5.41, 5.74) is 2.21. The van der Waals surface area contributed by atoms with E-state index in [9.17, 15) is 0 Å². The summed E-state index contributed by atoms with van der Waals surface area (Å²) in [6, 6.07) is 14.1. The molecule has 1 atom stereocenters. The first-order chi connectivity index (χ1) is 11.3. The van der Waals surface area contributed by atoms with E-state index < -0.39 is 0 Å². The average molecular weight is 364 g/mol. The Bertz CT molecular complexity index is 821. The molecule has 2 heterocycles. The van der Waals surface area contributed by atoms with Crippen LogP contribution in [-0.4, -0.2) is 34.3 Å². The van der Waals surface area contributed by atoms with Crippen molar-refractivity contribution in [2.45, 2.75) is 19.1 Å². The molecule has 0 aliphatic carbocycles. The lowest BCUT2D eigenvalue weighted by Crippen LogP contribution is -2.24. The number of nitrogens with one attached hydrogen (secondary N) is 1. The van der Waals surface area contributed by atoms with Crippen molar-refractivity contribution in [1.82, 2.24) is 15.1 Å². The predicted molar refractivity (Wildman–Crippen MR) is 99.1 cm³/mol. The van der Waals surface area contributed by atoms with E-state index in [-0.39, 0.29) is 18.5 Å². The van der Waals surface area contributed by atoms with E-state index in [1.807, 2.05) is 42.6 Å².